The van der Waals surface area contributed by atoms with Crippen molar-refractivity contribution < 1.29 is 18.3 Å². The number of benzene rings is 1. The maximum Gasteiger partial charge on any atom is 0.243 e. The van der Waals surface area contributed by atoms with Crippen LogP contribution in [0.2, 0.25) is 5.02 Å². The highest BCUT2D eigenvalue weighted by Gasteiger charge is 2.34. The van der Waals surface area contributed by atoms with Gasteiger partial charge in [0.1, 0.15) is 0 Å². The quantitative estimate of drug-likeness (QED) is 0.914. The Morgan fingerprint density at radius 2 is 2.20 bits per heavy atom. The topological polar surface area (TPSA) is 66.8 Å². The maximum atomic E-state index is 12.7. The first-order valence-electron chi connectivity index (χ1n) is 6.33. The third-order valence-electron chi connectivity index (χ3n) is 3.66. The Balaban J connectivity index is 2.42. The summed E-state index contributed by atoms with van der Waals surface area (Å²) in [5, 5.41) is 9.60. The Hall–Kier alpha value is -0.660. The van der Waals surface area contributed by atoms with Gasteiger partial charge >= 0.3 is 0 Å². The lowest BCUT2D eigenvalue weighted by molar-refractivity contribution is 0.115. The van der Waals surface area contributed by atoms with Crippen LogP contribution in [0.1, 0.15) is 17.5 Å². The van der Waals surface area contributed by atoms with Crippen LogP contribution in [-0.2, 0) is 21.4 Å². The number of ether oxygens (including phenoxy) is 1. The van der Waals surface area contributed by atoms with Gasteiger partial charge < -0.3 is 9.84 Å². The van der Waals surface area contributed by atoms with Crippen molar-refractivity contribution in [2.75, 3.05) is 20.2 Å². The van der Waals surface area contributed by atoms with Crippen LogP contribution in [0.5, 0.6) is 0 Å². The number of hydrogen-bond acceptors (Lipinski definition) is 4. The van der Waals surface area contributed by atoms with E-state index in [2.05, 4.69) is 0 Å². The molecule has 1 fully saturated rings. The van der Waals surface area contributed by atoms with E-state index in [1.54, 1.807) is 20.1 Å². The maximum absolute atomic E-state index is 12.7. The first-order chi connectivity index (χ1) is 9.40. The lowest BCUT2D eigenvalue weighted by Gasteiger charge is -2.19. The monoisotopic (exact) mass is 319 g/mol. The van der Waals surface area contributed by atoms with Crippen molar-refractivity contribution in [2.24, 2.45) is 0 Å². The van der Waals surface area contributed by atoms with Gasteiger partial charge in [-0.3, -0.25) is 0 Å². The number of methoxy groups -OCH3 is 1. The van der Waals surface area contributed by atoms with Gasteiger partial charge in [-0.2, -0.15) is 4.31 Å². The second kappa shape index (κ2) is 5.99. The average Bonchev–Trinajstić information content (AvgIpc) is 2.90. The molecule has 0 aromatic heterocycles. The number of aliphatic hydroxyl groups excluding tert-OH is 1. The fourth-order valence-corrected chi connectivity index (χ4v) is 4.47. The molecule has 0 aliphatic carbocycles. The molecule has 112 valence electrons. The van der Waals surface area contributed by atoms with Crippen LogP contribution in [0.25, 0.3) is 0 Å². The lowest BCUT2D eigenvalue weighted by atomic mass is 10.1. The smallest absolute Gasteiger partial charge is 0.243 e. The predicted molar refractivity (Wildman–Crippen MR) is 76.3 cm³/mol. The lowest BCUT2D eigenvalue weighted by Crippen LogP contribution is -2.30. The molecule has 1 aliphatic heterocycles. The normalized spacial score (nSPS) is 20.5. The molecule has 0 saturated carbocycles. The molecule has 1 atom stereocenters. The Morgan fingerprint density at radius 1 is 1.50 bits per heavy atom. The van der Waals surface area contributed by atoms with Crippen LogP contribution in [0.15, 0.2) is 17.0 Å². The van der Waals surface area contributed by atoms with Gasteiger partial charge in [0.25, 0.3) is 0 Å². The molecule has 2 rings (SSSR count). The van der Waals surface area contributed by atoms with E-state index in [0.717, 1.165) is 0 Å². The molecule has 1 aliphatic rings. The standard InChI is InChI=1S/C13H18ClNO4S/c1-9-10(8-16)5-11(14)6-13(9)20(17,18)15-4-3-12(7-15)19-2/h5-6,12,16H,3-4,7-8H2,1-2H3. The number of sulfonamides is 1. The van der Waals surface area contributed by atoms with Crippen molar-refractivity contribution >= 4 is 21.6 Å². The fraction of sp³-hybridized carbons (Fsp3) is 0.538. The number of rotatable bonds is 4. The molecule has 7 heteroatoms. The van der Waals surface area contributed by atoms with Crippen molar-refractivity contribution in [2.45, 2.75) is 31.0 Å². The average molecular weight is 320 g/mol. The number of hydrogen-bond donors (Lipinski definition) is 1. The summed E-state index contributed by atoms with van der Waals surface area (Å²) in [6, 6.07) is 3.02. The van der Waals surface area contributed by atoms with Crippen LogP contribution in [0.4, 0.5) is 0 Å². The third-order valence-corrected chi connectivity index (χ3v) is 5.87. The van der Waals surface area contributed by atoms with Gasteiger partial charge in [0, 0.05) is 25.2 Å². The minimum absolute atomic E-state index is 0.0680. The summed E-state index contributed by atoms with van der Waals surface area (Å²) >= 11 is 5.95. The van der Waals surface area contributed by atoms with Crippen LogP contribution in [-0.4, -0.2) is 44.1 Å². The van der Waals surface area contributed by atoms with Crippen LogP contribution in [0.3, 0.4) is 0 Å². The SMILES string of the molecule is COC1CCN(S(=O)(=O)c2cc(Cl)cc(CO)c2C)C1. The summed E-state index contributed by atoms with van der Waals surface area (Å²) in [4.78, 5) is 0.158. The molecule has 1 aromatic carbocycles. The Labute approximate surface area is 124 Å². The minimum atomic E-state index is -3.61. The first kappa shape index (κ1) is 15.7. The molecule has 1 heterocycles. The van der Waals surface area contributed by atoms with Gasteiger partial charge in [0.05, 0.1) is 17.6 Å². The van der Waals surface area contributed by atoms with Crippen molar-refractivity contribution in [3.8, 4) is 0 Å². The van der Waals surface area contributed by atoms with E-state index in [1.807, 2.05) is 0 Å². The number of nitrogens with zero attached hydrogens (tertiary/aromatic N) is 1. The van der Waals surface area contributed by atoms with E-state index in [4.69, 9.17) is 16.3 Å². The van der Waals surface area contributed by atoms with Gasteiger partial charge in [0.15, 0.2) is 0 Å². The van der Waals surface area contributed by atoms with Crippen molar-refractivity contribution in [3.63, 3.8) is 0 Å². The molecule has 1 unspecified atom stereocenters. The van der Waals surface area contributed by atoms with Crippen LogP contribution < -0.4 is 0 Å². The van der Waals surface area contributed by atoms with Crippen LogP contribution in [0, 0.1) is 6.92 Å². The van der Waals surface area contributed by atoms with Crippen molar-refractivity contribution in [3.05, 3.63) is 28.3 Å². The largest absolute Gasteiger partial charge is 0.392 e. The van der Waals surface area contributed by atoms with E-state index in [9.17, 15) is 13.5 Å². The number of aliphatic hydroxyl groups is 1. The molecule has 0 bridgehead atoms. The summed E-state index contributed by atoms with van der Waals surface area (Å²) in [7, 11) is -2.03. The van der Waals surface area contributed by atoms with Crippen LogP contribution >= 0.6 is 11.6 Å². The highest BCUT2D eigenvalue weighted by molar-refractivity contribution is 7.89. The van der Waals surface area contributed by atoms with Gasteiger partial charge in [0.2, 0.25) is 10.0 Å². The minimum Gasteiger partial charge on any atom is -0.392 e. The number of halogens is 1. The molecular formula is C13H18ClNO4S. The molecule has 0 spiro atoms. The molecule has 1 N–H and O–H groups in total. The zero-order valence-corrected chi connectivity index (χ0v) is 13.0. The highest BCUT2D eigenvalue weighted by Crippen LogP contribution is 2.29. The zero-order valence-electron chi connectivity index (χ0n) is 11.5. The molecule has 0 amide bonds. The van der Waals surface area contributed by atoms with Gasteiger partial charge in [-0.15, -0.1) is 0 Å². The van der Waals surface area contributed by atoms with E-state index >= 15 is 0 Å². The predicted octanol–water partition coefficient (Wildman–Crippen LogP) is 1.55. The van der Waals surface area contributed by atoms with E-state index in [1.165, 1.54) is 10.4 Å². The second-order valence-electron chi connectivity index (χ2n) is 4.86. The highest BCUT2D eigenvalue weighted by atomic mass is 35.5. The van der Waals surface area contributed by atoms with Crippen molar-refractivity contribution in [1.29, 1.82) is 0 Å². The summed E-state index contributed by atoms with van der Waals surface area (Å²) < 4.78 is 31.9. The fourth-order valence-electron chi connectivity index (χ4n) is 2.39. The van der Waals surface area contributed by atoms with Gasteiger partial charge in [-0.25, -0.2) is 8.42 Å². The van der Waals surface area contributed by atoms with Crippen molar-refractivity contribution in [1.82, 2.24) is 4.31 Å². The first-order valence-corrected chi connectivity index (χ1v) is 8.14. The molecule has 0 radical (unpaired) electrons. The molecule has 1 aromatic rings. The summed E-state index contributed by atoms with van der Waals surface area (Å²) in [6.07, 6.45) is 0.615. The zero-order chi connectivity index (χ0) is 14.9. The van der Waals surface area contributed by atoms with Gasteiger partial charge in [-0.1, -0.05) is 11.6 Å². The Morgan fingerprint density at radius 3 is 2.75 bits per heavy atom. The summed E-state index contributed by atoms with van der Waals surface area (Å²) in [6.45, 7) is 2.22. The third kappa shape index (κ3) is 2.84. The molecule has 1 saturated heterocycles. The molecule has 5 nitrogen and oxygen atoms in total. The summed E-state index contributed by atoms with van der Waals surface area (Å²) in [5.74, 6) is 0. The van der Waals surface area contributed by atoms with E-state index in [0.29, 0.717) is 35.7 Å². The Kier molecular flexibility index (Phi) is 4.71. The van der Waals surface area contributed by atoms with E-state index < -0.39 is 10.0 Å². The Bertz CT molecular complexity index is 603. The molecule has 20 heavy (non-hydrogen) atoms. The molecular weight excluding hydrogens is 302 g/mol. The summed E-state index contributed by atoms with van der Waals surface area (Å²) in [5.41, 5.74) is 1.07. The second-order valence-corrected chi connectivity index (χ2v) is 7.20. The van der Waals surface area contributed by atoms with Gasteiger partial charge in [-0.05, 0) is 36.6 Å². The van der Waals surface area contributed by atoms with E-state index in [-0.39, 0.29) is 17.6 Å².